The first-order valence-corrected chi connectivity index (χ1v) is 6.32. The van der Waals surface area contributed by atoms with Gasteiger partial charge in [0.05, 0.1) is 17.3 Å². The molecule has 1 aromatic heterocycles. The fourth-order valence-corrected chi connectivity index (χ4v) is 1.83. The van der Waals surface area contributed by atoms with Gasteiger partial charge in [-0.1, -0.05) is 11.6 Å². The predicted octanol–water partition coefficient (Wildman–Crippen LogP) is 2.82. The number of nitrogens with one attached hydrogen (secondary N) is 1. The summed E-state index contributed by atoms with van der Waals surface area (Å²) in [6.07, 6.45) is 3.08. The molecule has 0 aliphatic heterocycles. The van der Waals surface area contributed by atoms with Gasteiger partial charge in [-0.15, -0.1) is 0 Å². The van der Waals surface area contributed by atoms with Crippen molar-refractivity contribution in [3.63, 3.8) is 0 Å². The van der Waals surface area contributed by atoms with Crippen LogP contribution in [-0.2, 0) is 6.54 Å². The van der Waals surface area contributed by atoms with Crippen molar-refractivity contribution in [1.29, 1.82) is 0 Å². The molecule has 0 aliphatic rings. The molecule has 0 fully saturated rings. The van der Waals surface area contributed by atoms with Crippen LogP contribution >= 0.6 is 27.5 Å². The molecule has 1 aromatic carbocycles. The van der Waals surface area contributed by atoms with Crippen molar-refractivity contribution >= 4 is 33.4 Å². The average molecular weight is 327 g/mol. The van der Waals surface area contributed by atoms with Gasteiger partial charge in [-0.3, -0.25) is 4.79 Å². The highest BCUT2D eigenvalue weighted by Gasteiger charge is 2.07. The molecule has 2 aromatic rings. The van der Waals surface area contributed by atoms with Gasteiger partial charge in [-0.2, -0.15) is 0 Å². The Balaban J connectivity index is 2.02. The Labute approximate surface area is 118 Å². The number of nitrogens with zero attached hydrogens (tertiary/aromatic N) is 2. The third kappa shape index (κ3) is 3.27. The van der Waals surface area contributed by atoms with E-state index >= 15 is 0 Å². The van der Waals surface area contributed by atoms with Crippen molar-refractivity contribution in [2.75, 3.05) is 0 Å². The van der Waals surface area contributed by atoms with Crippen molar-refractivity contribution < 1.29 is 4.79 Å². The van der Waals surface area contributed by atoms with Gasteiger partial charge in [0, 0.05) is 16.2 Å². The lowest BCUT2D eigenvalue weighted by molar-refractivity contribution is 0.0950. The van der Waals surface area contributed by atoms with Crippen molar-refractivity contribution in [2.24, 2.45) is 0 Å². The Hall–Kier alpha value is -1.46. The number of hydrogen-bond acceptors (Lipinski definition) is 3. The van der Waals surface area contributed by atoms with Crippen molar-refractivity contribution in [3.8, 4) is 0 Å². The molecule has 1 amide bonds. The van der Waals surface area contributed by atoms with Crippen LogP contribution in [0.25, 0.3) is 0 Å². The Kier molecular flexibility index (Phi) is 4.28. The second-order valence-corrected chi connectivity index (χ2v) is 4.77. The van der Waals surface area contributed by atoms with Crippen LogP contribution in [0, 0.1) is 0 Å². The first kappa shape index (κ1) is 13.0. The fraction of sp³-hybridized carbons (Fsp3) is 0.0833. The normalized spacial score (nSPS) is 10.1. The summed E-state index contributed by atoms with van der Waals surface area (Å²) in [5.41, 5.74) is 1.30. The lowest BCUT2D eigenvalue weighted by atomic mass is 10.2. The molecule has 6 heteroatoms. The van der Waals surface area contributed by atoms with Crippen molar-refractivity contribution in [3.05, 3.63) is 57.5 Å². The number of rotatable bonds is 3. The van der Waals surface area contributed by atoms with Gasteiger partial charge in [0.2, 0.25) is 0 Å². The van der Waals surface area contributed by atoms with Crippen LogP contribution in [0.5, 0.6) is 0 Å². The second kappa shape index (κ2) is 5.93. The number of hydrogen-bond donors (Lipinski definition) is 1. The van der Waals surface area contributed by atoms with Gasteiger partial charge in [-0.05, 0) is 40.2 Å². The average Bonchev–Trinajstić information content (AvgIpc) is 2.40. The largest absolute Gasteiger partial charge is 0.346 e. The maximum atomic E-state index is 11.9. The zero-order valence-electron chi connectivity index (χ0n) is 9.23. The van der Waals surface area contributed by atoms with E-state index in [1.54, 1.807) is 30.5 Å². The van der Waals surface area contributed by atoms with E-state index in [9.17, 15) is 4.79 Å². The number of benzene rings is 1. The second-order valence-electron chi connectivity index (χ2n) is 3.51. The number of amides is 1. The Morgan fingerprint density at radius 3 is 2.89 bits per heavy atom. The summed E-state index contributed by atoms with van der Waals surface area (Å²) >= 11 is 9.14. The molecule has 1 heterocycles. The molecule has 0 spiro atoms. The Morgan fingerprint density at radius 1 is 1.39 bits per heavy atom. The van der Waals surface area contributed by atoms with E-state index in [0.717, 1.165) is 5.69 Å². The maximum absolute atomic E-state index is 11.9. The maximum Gasteiger partial charge on any atom is 0.251 e. The van der Waals surface area contributed by atoms with Crippen LogP contribution in [0.3, 0.4) is 0 Å². The van der Waals surface area contributed by atoms with Crippen molar-refractivity contribution in [1.82, 2.24) is 15.3 Å². The molecule has 0 radical (unpaired) electrons. The van der Waals surface area contributed by atoms with Crippen LogP contribution in [0.2, 0.25) is 5.02 Å². The van der Waals surface area contributed by atoms with E-state index in [2.05, 4.69) is 31.2 Å². The molecule has 92 valence electrons. The minimum atomic E-state index is -0.175. The predicted molar refractivity (Wildman–Crippen MR) is 72.4 cm³/mol. The smallest absolute Gasteiger partial charge is 0.251 e. The minimum absolute atomic E-state index is 0.175. The minimum Gasteiger partial charge on any atom is -0.346 e. The van der Waals surface area contributed by atoms with E-state index in [0.29, 0.717) is 21.6 Å². The summed E-state index contributed by atoms with van der Waals surface area (Å²) in [4.78, 5) is 19.7. The molecule has 0 bridgehead atoms. The molecule has 0 aliphatic carbocycles. The summed E-state index contributed by atoms with van der Waals surface area (Å²) < 4.78 is 0.693. The SMILES string of the molecule is O=C(NCc1ccncn1)c1ccc(Cl)c(Br)c1. The quantitative estimate of drug-likeness (QED) is 0.943. The number of carbonyl (C=O) groups excluding carboxylic acids is 1. The molecular formula is C12H9BrClN3O. The van der Waals surface area contributed by atoms with Gasteiger partial charge in [0.1, 0.15) is 6.33 Å². The number of halogens is 2. The van der Waals surface area contributed by atoms with E-state index in [4.69, 9.17) is 11.6 Å². The first-order chi connectivity index (χ1) is 8.66. The van der Waals surface area contributed by atoms with Crippen LogP contribution in [-0.4, -0.2) is 15.9 Å². The van der Waals surface area contributed by atoms with Gasteiger partial charge in [0.15, 0.2) is 0 Å². The van der Waals surface area contributed by atoms with Crippen LogP contribution in [0.1, 0.15) is 16.1 Å². The standard InChI is InChI=1S/C12H9BrClN3O/c13-10-5-8(1-2-11(10)14)12(18)16-6-9-3-4-15-7-17-9/h1-5,7H,6H2,(H,16,18). The van der Waals surface area contributed by atoms with Gasteiger partial charge < -0.3 is 5.32 Å². The molecule has 0 atom stereocenters. The van der Waals surface area contributed by atoms with Crippen molar-refractivity contribution in [2.45, 2.75) is 6.54 Å². The summed E-state index contributed by atoms with van der Waals surface area (Å²) in [5, 5.41) is 3.34. The molecule has 0 unspecified atom stereocenters. The highest BCUT2D eigenvalue weighted by Crippen LogP contribution is 2.23. The molecule has 1 N–H and O–H groups in total. The lowest BCUT2D eigenvalue weighted by Crippen LogP contribution is -2.23. The topological polar surface area (TPSA) is 54.9 Å². The fourth-order valence-electron chi connectivity index (χ4n) is 1.33. The Morgan fingerprint density at radius 2 is 2.22 bits per heavy atom. The summed E-state index contributed by atoms with van der Waals surface area (Å²) in [5.74, 6) is -0.175. The third-order valence-electron chi connectivity index (χ3n) is 2.26. The van der Waals surface area contributed by atoms with E-state index in [-0.39, 0.29) is 5.91 Å². The van der Waals surface area contributed by atoms with Gasteiger partial charge in [-0.25, -0.2) is 9.97 Å². The van der Waals surface area contributed by atoms with Crippen LogP contribution < -0.4 is 5.32 Å². The molecule has 18 heavy (non-hydrogen) atoms. The van der Waals surface area contributed by atoms with Crippen LogP contribution in [0.4, 0.5) is 0 Å². The zero-order chi connectivity index (χ0) is 13.0. The first-order valence-electron chi connectivity index (χ1n) is 5.15. The van der Waals surface area contributed by atoms with Gasteiger partial charge >= 0.3 is 0 Å². The number of carbonyl (C=O) groups is 1. The van der Waals surface area contributed by atoms with Gasteiger partial charge in [0.25, 0.3) is 5.91 Å². The summed E-state index contributed by atoms with van der Waals surface area (Å²) in [6.45, 7) is 0.363. The third-order valence-corrected chi connectivity index (χ3v) is 3.47. The molecule has 4 nitrogen and oxygen atoms in total. The monoisotopic (exact) mass is 325 g/mol. The molecule has 0 saturated carbocycles. The number of aromatic nitrogens is 2. The molecule has 2 rings (SSSR count). The zero-order valence-corrected chi connectivity index (χ0v) is 11.6. The van der Waals surface area contributed by atoms with E-state index in [1.807, 2.05) is 0 Å². The van der Waals surface area contributed by atoms with Crippen LogP contribution in [0.15, 0.2) is 41.3 Å². The summed E-state index contributed by atoms with van der Waals surface area (Å²) in [7, 11) is 0. The lowest BCUT2D eigenvalue weighted by Gasteiger charge is -2.05. The molecular weight excluding hydrogens is 318 g/mol. The highest BCUT2D eigenvalue weighted by molar-refractivity contribution is 9.10. The van der Waals surface area contributed by atoms with E-state index < -0.39 is 0 Å². The highest BCUT2D eigenvalue weighted by atomic mass is 79.9. The van der Waals surface area contributed by atoms with E-state index in [1.165, 1.54) is 6.33 Å². The molecule has 0 saturated heterocycles. The Bertz CT molecular complexity index is 563. The summed E-state index contributed by atoms with van der Waals surface area (Å²) in [6, 6.07) is 6.77.